The number of anilines is 2. The zero-order valence-electron chi connectivity index (χ0n) is 17.5. The third kappa shape index (κ3) is 3.79. The Bertz CT molecular complexity index is 1280. The molecule has 32 heavy (non-hydrogen) atoms. The molecule has 7 nitrogen and oxygen atoms in total. The molecule has 1 aliphatic carbocycles. The van der Waals surface area contributed by atoms with Gasteiger partial charge in [-0.3, -0.25) is 9.20 Å². The van der Waals surface area contributed by atoms with E-state index in [4.69, 9.17) is 10.7 Å². The van der Waals surface area contributed by atoms with Crippen LogP contribution in [0.2, 0.25) is 0 Å². The fourth-order valence-electron chi connectivity index (χ4n) is 4.38. The summed E-state index contributed by atoms with van der Waals surface area (Å²) in [7, 11) is 0. The molecule has 1 amide bonds. The topological polar surface area (TPSA) is 98.2 Å². The predicted octanol–water partition coefficient (Wildman–Crippen LogP) is 4.81. The van der Waals surface area contributed by atoms with Crippen molar-refractivity contribution in [3.63, 3.8) is 0 Å². The van der Waals surface area contributed by atoms with E-state index in [1.165, 1.54) is 37.6 Å². The van der Waals surface area contributed by atoms with Crippen LogP contribution in [0.15, 0.2) is 55.0 Å². The van der Waals surface area contributed by atoms with E-state index < -0.39 is 5.82 Å². The Balaban J connectivity index is 1.47. The molecule has 3 aromatic heterocycles. The van der Waals surface area contributed by atoms with E-state index in [9.17, 15) is 9.18 Å². The SMILES string of the molecule is Nc1nccn2c(C3CCCCC3)nc(-c3ccc(C(=O)Nc4cc(F)ccn4)cc3)c12. The molecule has 5 rings (SSSR count). The summed E-state index contributed by atoms with van der Waals surface area (Å²) in [6, 6.07) is 9.50. The smallest absolute Gasteiger partial charge is 0.256 e. The van der Waals surface area contributed by atoms with Gasteiger partial charge in [-0.25, -0.2) is 19.3 Å². The molecule has 1 fully saturated rings. The summed E-state index contributed by atoms with van der Waals surface area (Å²) in [5.74, 6) is 1.18. The molecule has 0 saturated heterocycles. The third-order valence-electron chi connectivity index (χ3n) is 5.96. The molecule has 1 aromatic carbocycles. The third-order valence-corrected chi connectivity index (χ3v) is 5.96. The summed E-state index contributed by atoms with van der Waals surface area (Å²) >= 11 is 0. The van der Waals surface area contributed by atoms with Gasteiger partial charge in [0.15, 0.2) is 0 Å². The number of aromatic nitrogens is 4. The van der Waals surface area contributed by atoms with E-state index in [1.807, 2.05) is 18.3 Å². The number of nitrogens with one attached hydrogen (secondary N) is 1. The van der Waals surface area contributed by atoms with E-state index in [0.29, 0.717) is 17.3 Å². The van der Waals surface area contributed by atoms with Crippen molar-refractivity contribution >= 4 is 23.1 Å². The Morgan fingerprint density at radius 2 is 1.84 bits per heavy atom. The molecule has 0 aliphatic heterocycles. The zero-order valence-corrected chi connectivity index (χ0v) is 17.5. The van der Waals surface area contributed by atoms with Crippen LogP contribution in [-0.2, 0) is 0 Å². The van der Waals surface area contributed by atoms with Crippen molar-refractivity contribution in [1.29, 1.82) is 0 Å². The molecule has 0 unspecified atom stereocenters. The van der Waals surface area contributed by atoms with Crippen LogP contribution in [0.3, 0.4) is 0 Å². The van der Waals surface area contributed by atoms with Crippen LogP contribution in [0, 0.1) is 5.82 Å². The van der Waals surface area contributed by atoms with Gasteiger partial charge >= 0.3 is 0 Å². The fourth-order valence-corrected chi connectivity index (χ4v) is 4.38. The van der Waals surface area contributed by atoms with Crippen LogP contribution in [0.5, 0.6) is 0 Å². The number of nitrogen functional groups attached to an aromatic ring is 1. The van der Waals surface area contributed by atoms with Crippen molar-refractivity contribution in [2.75, 3.05) is 11.1 Å². The van der Waals surface area contributed by atoms with Gasteiger partial charge in [0.05, 0.1) is 0 Å². The van der Waals surface area contributed by atoms with Crippen molar-refractivity contribution in [2.24, 2.45) is 0 Å². The fraction of sp³-hybridized carbons (Fsp3) is 0.250. The number of pyridine rings is 1. The molecule has 0 atom stereocenters. The summed E-state index contributed by atoms with van der Waals surface area (Å²) in [5.41, 5.74) is 9.07. The molecule has 1 saturated carbocycles. The Kier molecular flexibility index (Phi) is 5.26. The van der Waals surface area contributed by atoms with Crippen molar-refractivity contribution in [2.45, 2.75) is 38.0 Å². The Hall–Kier alpha value is -3.81. The maximum Gasteiger partial charge on any atom is 0.256 e. The lowest BCUT2D eigenvalue weighted by Crippen LogP contribution is -2.12. The van der Waals surface area contributed by atoms with Gasteiger partial charge in [0.1, 0.15) is 34.5 Å². The number of fused-ring (bicyclic) bond motifs is 1. The number of benzene rings is 1. The van der Waals surface area contributed by atoms with Crippen LogP contribution in [-0.4, -0.2) is 25.3 Å². The number of imidazole rings is 1. The minimum Gasteiger partial charge on any atom is -0.382 e. The van der Waals surface area contributed by atoms with Crippen molar-refractivity contribution in [3.05, 3.63) is 72.2 Å². The highest BCUT2D eigenvalue weighted by molar-refractivity contribution is 6.04. The first kappa shape index (κ1) is 20.1. The maximum absolute atomic E-state index is 13.3. The first-order chi connectivity index (χ1) is 15.6. The number of rotatable bonds is 4. The number of hydrogen-bond acceptors (Lipinski definition) is 5. The molecule has 3 N–H and O–H groups in total. The van der Waals surface area contributed by atoms with Gasteiger partial charge in [-0.15, -0.1) is 0 Å². The van der Waals surface area contributed by atoms with Gasteiger partial charge in [-0.2, -0.15) is 0 Å². The molecule has 4 aromatic rings. The van der Waals surface area contributed by atoms with Crippen LogP contribution in [0.25, 0.3) is 16.8 Å². The summed E-state index contributed by atoms with van der Waals surface area (Å²) in [6.07, 6.45) is 10.8. The van der Waals surface area contributed by atoms with Crippen LogP contribution in [0.1, 0.15) is 54.2 Å². The summed E-state index contributed by atoms with van der Waals surface area (Å²) in [5, 5.41) is 2.60. The van der Waals surface area contributed by atoms with E-state index in [1.54, 1.807) is 18.3 Å². The highest BCUT2D eigenvalue weighted by Gasteiger charge is 2.24. The Morgan fingerprint density at radius 3 is 2.59 bits per heavy atom. The minimum atomic E-state index is -0.461. The monoisotopic (exact) mass is 430 g/mol. The predicted molar refractivity (Wildman–Crippen MR) is 121 cm³/mol. The number of nitrogens with zero attached hydrogens (tertiary/aromatic N) is 4. The quantitative estimate of drug-likeness (QED) is 0.484. The molecule has 0 spiro atoms. The largest absolute Gasteiger partial charge is 0.382 e. The van der Waals surface area contributed by atoms with Gasteiger partial charge in [0.25, 0.3) is 5.91 Å². The van der Waals surface area contributed by atoms with Crippen LogP contribution < -0.4 is 11.1 Å². The molecule has 1 aliphatic rings. The molecular weight excluding hydrogens is 407 g/mol. The maximum atomic E-state index is 13.3. The molecule has 0 radical (unpaired) electrons. The van der Waals surface area contributed by atoms with Crippen molar-refractivity contribution in [3.8, 4) is 11.3 Å². The van der Waals surface area contributed by atoms with E-state index >= 15 is 0 Å². The number of nitrogens with two attached hydrogens (primary N) is 1. The Labute approximate surface area is 184 Å². The molecular formula is C24H23FN6O. The molecule has 8 heteroatoms. The highest BCUT2D eigenvalue weighted by atomic mass is 19.1. The first-order valence-corrected chi connectivity index (χ1v) is 10.8. The number of carbonyl (C=O) groups is 1. The lowest BCUT2D eigenvalue weighted by molar-refractivity contribution is 0.102. The van der Waals surface area contributed by atoms with Crippen LogP contribution >= 0.6 is 0 Å². The first-order valence-electron chi connectivity index (χ1n) is 10.8. The molecule has 3 heterocycles. The standard InChI is InChI=1S/C24H23FN6O/c25-18-10-11-27-19(14-18)29-24(32)17-8-6-15(7-9-17)20-21-22(26)28-12-13-31(21)23(30-20)16-4-2-1-3-5-16/h6-14,16H,1-5H2,(H2,26,28)(H,27,29,32). The normalized spacial score (nSPS) is 14.5. The number of amides is 1. The number of hydrogen-bond donors (Lipinski definition) is 2. The van der Waals surface area contributed by atoms with Gasteiger partial charge in [-0.05, 0) is 31.0 Å². The number of carbonyl (C=O) groups excluding carboxylic acids is 1. The summed E-state index contributed by atoms with van der Waals surface area (Å²) < 4.78 is 15.4. The lowest BCUT2D eigenvalue weighted by atomic mass is 9.89. The van der Waals surface area contributed by atoms with Gasteiger partial charge in [0, 0.05) is 41.7 Å². The van der Waals surface area contributed by atoms with E-state index in [2.05, 4.69) is 19.7 Å². The van der Waals surface area contributed by atoms with E-state index in [0.717, 1.165) is 35.4 Å². The van der Waals surface area contributed by atoms with Gasteiger partial charge < -0.3 is 11.1 Å². The van der Waals surface area contributed by atoms with E-state index in [-0.39, 0.29) is 11.7 Å². The average molecular weight is 430 g/mol. The van der Waals surface area contributed by atoms with Crippen molar-refractivity contribution in [1.82, 2.24) is 19.4 Å². The lowest BCUT2D eigenvalue weighted by Gasteiger charge is -2.20. The number of halogens is 1. The average Bonchev–Trinajstić information content (AvgIpc) is 3.21. The van der Waals surface area contributed by atoms with Gasteiger partial charge in [-0.1, -0.05) is 31.4 Å². The highest BCUT2D eigenvalue weighted by Crippen LogP contribution is 2.36. The second-order valence-electron chi connectivity index (χ2n) is 8.08. The zero-order chi connectivity index (χ0) is 22.1. The second kappa shape index (κ2) is 8.37. The summed E-state index contributed by atoms with van der Waals surface area (Å²) in [4.78, 5) is 25.7. The van der Waals surface area contributed by atoms with Crippen LogP contribution in [0.4, 0.5) is 16.0 Å². The van der Waals surface area contributed by atoms with Crippen molar-refractivity contribution < 1.29 is 9.18 Å². The molecule has 162 valence electrons. The second-order valence-corrected chi connectivity index (χ2v) is 8.08. The summed E-state index contributed by atoms with van der Waals surface area (Å²) in [6.45, 7) is 0. The molecule has 0 bridgehead atoms. The Morgan fingerprint density at radius 1 is 1.06 bits per heavy atom. The van der Waals surface area contributed by atoms with Gasteiger partial charge in [0.2, 0.25) is 0 Å². The minimum absolute atomic E-state index is 0.162.